The van der Waals surface area contributed by atoms with Gasteiger partial charge in [-0.1, -0.05) is 18.1 Å². The standard InChI is InChI=1S/C21H27FN4O3/c1-2-12(10-23)13-5-7-25(8-6-13)20-17(22)9-15-18(27)16(21(28)29)11-26(14-3-4-14)19(15)24-20/h9,14,16H,2-8,10-11,23H2,1H3,(H,28,29). The lowest BCUT2D eigenvalue weighted by Gasteiger charge is -2.35. The maximum Gasteiger partial charge on any atom is 0.316 e. The number of ketones is 1. The van der Waals surface area contributed by atoms with Crippen LogP contribution in [0.15, 0.2) is 17.2 Å². The maximum absolute atomic E-state index is 14.9. The summed E-state index contributed by atoms with van der Waals surface area (Å²) >= 11 is 0. The second kappa shape index (κ2) is 7.74. The van der Waals surface area contributed by atoms with E-state index < -0.39 is 23.5 Å². The number of fused-ring (bicyclic) bond motifs is 1. The molecule has 1 unspecified atom stereocenters. The number of nitrogens with two attached hydrogens (primary N) is 1. The molecule has 7 nitrogen and oxygen atoms in total. The van der Waals surface area contributed by atoms with Crippen LogP contribution < -0.4 is 15.5 Å². The number of aliphatic carboxylic acids is 1. The van der Waals surface area contributed by atoms with E-state index in [1.54, 1.807) is 0 Å². The number of nitrogens with zero attached hydrogens (tertiary/aromatic N) is 3. The maximum atomic E-state index is 14.9. The lowest BCUT2D eigenvalue weighted by atomic mass is 9.92. The molecule has 0 bridgehead atoms. The van der Waals surface area contributed by atoms with Gasteiger partial charge < -0.3 is 20.6 Å². The predicted molar refractivity (Wildman–Crippen MR) is 108 cm³/mol. The number of carboxylic acids is 1. The Balaban J connectivity index is 1.65. The van der Waals surface area contributed by atoms with E-state index in [9.17, 15) is 19.1 Å². The molecule has 0 amide bonds. The van der Waals surface area contributed by atoms with Crippen LogP contribution in [-0.4, -0.2) is 54.1 Å². The summed E-state index contributed by atoms with van der Waals surface area (Å²) in [5.41, 5.74) is 8.54. The molecule has 2 aliphatic heterocycles. The van der Waals surface area contributed by atoms with Gasteiger partial charge in [-0.15, -0.1) is 0 Å². The molecule has 3 N–H and O–H groups in total. The quantitative estimate of drug-likeness (QED) is 0.576. The van der Waals surface area contributed by atoms with Crippen molar-refractivity contribution in [2.45, 2.75) is 45.1 Å². The smallest absolute Gasteiger partial charge is 0.316 e. The topological polar surface area (TPSA) is 99.8 Å². The van der Waals surface area contributed by atoms with Crippen molar-refractivity contribution in [3.05, 3.63) is 28.6 Å². The number of rotatable bonds is 5. The van der Waals surface area contributed by atoms with Gasteiger partial charge in [0.25, 0.3) is 0 Å². The zero-order valence-electron chi connectivity index (χ0n) is 16.7. The summed E-state index contributed by atoms with van der Waals surface area (Å²) in [4.78, 5) is 32.5. The molecular weight excluding hydrogens is 375 g/mol. The Kier molecular flexibility index (Phi) is 5.29. The van der Waals surface area contributed by atoms with Crippen LogP contribution >= 0.6 is 0 Å². The van der Waals surface area contributed by atoms with Crippen molar-refractivity contribution >= 4 is 23.4 Å². The van der Waals surface area contributed by atoms with Gasteiger partial charge in [0, 0.05) is 32.2 Å². The molecule has 4 rings (SSSR count). The van der Waals surface area contributed by atoms with Gasteiger partial charge in [-0.3, -0.25) is 9.59 Å². The molecule has 0 spiro atoms. The van der Waals surface area contributed by atoms with Crippen molar-refractivity contribution in [1.82, 2.24) is 4.98 Å². The van der Waals surface area contributed by atoms with E-state index in [0.29, 0.717) is 25.5 Å². The SMILES string of the molecule is CCC(CN)=C1CCN(c2nc3c(cc2F)C(=O)C(C(=O)O)CN3C2CC2)CC1. The fraction of sp³-hybridized carbons (Fsp3) is 0.571. The summed E-state index contributed by atoms with van der Waals surface area (Å²) in [6.45, 7) is 4.06. The van der Waals surface area contributed by atoms with Gasteiger partial charge >= 0.3 is 5.97 Å². The average molecular weight is 402 g/mol. The summed E-state index contributed by atoms with van der Waals surface area (Å²) in [6, 6.07) is 1.37. The van der Waals surface area contributed by atoms with Gasteiger partial charge in [0.1, 0.15) is 11.7 Å². The van der Waals surface area contributed by atoms with Gasteiger partial charge in [0.05, 0.1) is 5.56 Å². The van der Waals surface area contributed by atoms with Crippen molar-refractivity contribution in [2.75, 3.05) is 36.0 Å². The van der Waals surface area contributed by atoms with Crippen molar-refractivity contribution in [2.24, 2.45) is 11.7 Å². The second-order valence-corrected chi connectivity index (χ2v) is 8.06. The number of carbonyl (C=O) groups excluding carboxylic acids is 1. The van der Waals surface area contributed by atoms with Crippen molar-refractivity contribution in [1.29, 1.82) is 0 Å². The number of carboxylic acid groups (broad SMARTS) is 1. The summed E-state index contributed by atoms with van der Waals surface area (Å²) in [6.07, 6.45) is 4.45. The van der Waals surface area contributed by atoms with Crippen LogP contribution in [0.1, 0.15) is 49.4 Å². The molecule has 156 valence electrons. The Labute approximate surface area is 169 Å². The van der Waals surface area contributed by atoms with Gasteiger partial charge in [0.2, 0.25) is 0 Å². The first-order valence-corrected chi connectivity index (χ1v) is 10.3. The number of carbonyl (C=O) groups is 2. The van der Waals surface area contributed by atoms with Crippen LogP contribution in [0.3, 0.4) is 0 Å². The third kappa shape index (κ3) is 3.61. The summed E-state index contributed by atoms with van der Waals surface area (Å²) in [5, 5.41) is 9.41. The lowest BCUT2D eigenvalue weighted by Crippen LogP contribution is -2.45. The van der Waals surface area contributed by atoms with Gasteiger partial charge in [0.15, 0.2) is 17.4 Å². The highest BCUT2D eigenvalue weighted by molar-refractivity contribution is 6.13. The van der Waals surface area contributed by atoms with Crippen molar-refractivity contribution in [3.63, 3.8) is 0 Å². The highest BCUT2D eigenvalue weighted by atomic mass is 19.1. The lowest BCUT2D eigenvalue weighted by molar-refractivity contribution is -0.139. The first-order valence-electron chi connectivity index (χ1n) is 10.3. The summed E-state index contributed by atoms with van der Waals surface area (Å²) in [5.74, 6) is -2.77. The third-order valence-corrected chi connectivity index (χ3v) is 6.30. The van der Waals surface area contributed by atoms with Crippen LogP contribution in [-0.2, 0) is 4.79 Å². The number of halogens is 1. The first-order chi connectivity index (χ1) is 13.9. The highest BCUT2D eigenvalue weighted by Crippen LogP contribution is 2.39. The number of aromatic nitrogens is 1. The van der Waals surface area contributed by atoms with Crippen molar-refractivity contribution < 1.29 is 19.1 Å². The molecule has 0 radical (unpaired) electrons. The number of hydrogen-bond acceptors (Lipinski definition) is 6. The fourth-order valence-electron chi connectivity index (χ4n) is 4.42. The predicted octanol–water partition coefficient (Wildman–Crippen LogP) is 2.35. The molecule has 1 aromatic rings. The third-order valence-electron chi connectivity index (χ3n) is 6.30. The zero-order chi connectivity index (χ0) is 20.7. The Bertz CT molecular complexity index is 865. The largest absolute Gasteiger partial charge is 0.481 e. The molecule has 29 heavy (non-hydrogen) atoms. The van der Waals surface area contributed by atoms with E-state index in [1.165, 1.54) is 17.2 Å². The molecule has 1 saturated carbocycles. The van der Waals surface area contributed by atoms with Crippen molar-refractivity contribution in [3.8, 4) is 0 Å². The Morgan fingerprint density at radius 2 is 2.00 bits per heavy atom. The minimum absolute atomic E-state index is 0.0887. The second-order valence-electron chi connectivity index (χ2n) is 8.06. The minimum Gasteiger partial charge on any atom is -0.481 e. The fourth-order valence-corrected chi connectivity index (χ4v) is 4.42. The van der Waals surface area contributed by atoms with Gasteiger partial charge in [-0.05, 0) is 38.2 Å². The number of hydrogen-bond donors (Lipinski definition) is 2. The van der Waals surface area contributed by atoms with E-state index in [1.807, 2.05) is 9.80 Å². The molecule has 1 atom stereocenters. The summed E-state index contributed by atoms with van der Waals surface area (Å²) < 4.78 is 14.9. The molecule has 1 saturated heterocycles. The number of anilines is 2. The van der Waals surface area contributed by atoms with Crippen LogP contribution in [0.4, 0.5) is 16.0 Å². The Hall–Kier alpha value is -2.48. The van der Waals surface area contributed by atoms with Crippen LogP contribution in [0.5, 0.6) is 0 Å². The molecule has 8 heteroatoms. The normalized spacial score (nSPS) is 22.0. The van der Waals surface area contributed by atoms with Crippen LogP contribution in [0, 0.1) is 11.7 Å². The van der Waals surface area contributed by atoms with Gasteiger partial charge in [-0.2, -0.15) is 0 Å². The van der Waals surface area contributed by atoms with Crippen LogP contribution in [0.25, 0.3) is 0 Å². The summed E-state index contributed by atoms with van der Waals surface area (Å²) in [7, 11) is 0. The van der Waals surface area contributed by atoms with E-state index in [-0.39, 0.29) is 24.0 Å². The van der Waals surface area contributed by atoms with E-state index in [0.717, 1.165) is 32.1 Å². The Morgan fingerprint density at radius 3 is 2.55 bits per heavy atom. The molecule has 1 aromatic heterocycles. The molecule has 1 aliphatic carbocycles. The average Bonchev–Trinajstić information content (AvgIpc) is 3.55. The zero-order valence-corrected chi connectivity index (χ0v) is 16.7. The van der Waals surface area contributed by atoms with Crippen LogP contribution in [0.2, 0.25) is 0 Å². The Morgan fingerprint density at radius 1 is 1.31 bits per heavy atom. The first kappa shape index (κ1) is 19.8. The van der Waals surface area contributed by atoms with E-state index in [4.69, 9.17) is 5.73 Å². The number of pyridine rings is 1. The van der Waals surface area contributed by atoms with Gasteiger partial charge in [-0.25, -0.2) is 9.37 Å². The molecular formula is C21H27FN4O3. The van der Waals surface area contributed by atoms with E-state index in [2.05, 4.69) is 11.9 Å². The highest BCUT2D eigenvalue weighted by Gasteiger charge is 2.43. The monoisotopic (exact) mass is 402 g/mol. The number of piperidine rings is 1. The molecule has 3 heterocycles. The molecule has 3 aliphatic rings. The molecule has 0 aromatic carbocycles. The minimum atomic E-state index is -1.17. The molecule has 2 fully saturated rings. The van der Waals surface area contributed by atoms with E-state index >= 15 is 0 Å². The number of Topliss-reactive ketones (excluding diaryl/α,β-unsaturated/α-hetero) is 1.